The van der Waals surface area contributed by atoms with Gasteiger partial charge in [0.25, 0.3) is 0 Å². The average Bonchev–Trinajstić information content (AvgIpc) is 3.36. The van der Waals surface area contributed by atoms with Gasteiger partial charge in [0.1, 0.15) is 11.4 Å². The van der Waals surface area contributed by atoms with Crippen molar-refractivity contribution in [2.75, 3.05) is 12.3 Å². The van der Waals surface area contributed by atoms with Gasteiger partial charge in [0.2, 0.25) is 0 Å². The summed E-state index contributed by atoms with van der Waals surface area (Å²) in [6, 6.07) is 4.46. The van der Waals surface area contributed by atoms with Gasteiger partial charge in [-0.1, -0.05) is 0 Å². The summed E-state index contributed by atoms with van der Waals surface area (Å²) in [7, 11) is 0. The monoisotopic (exact) mass is 371 g/mol. The van der Waals surface area contributed by atoms with Crippen molar-refractivity contribution < 1.29 is 9.53 Å². The van der Waals surface area contributed by atoms with Gasteiger partial charge in [-0.2, -0.15) is 5.10 Å². The van der Waals surface area contributed by atoms with Crippen LogP contribution in [0.1, 0.15) is 41.3 Å². The molecule has 0 spiro atoms. The van der Waals surface area contributed by atoms with E-state index in [2.05, 4.69) is 15.4 Å². The molecule has 1 heterocycles. The summed E-state index contributed by atoms with van der Waals surface area (Å²) >= 11 is 0. The smallest absolute Gasteiger partial charge is 0.343 e. The maximum absolute atomic E-state index is 12.0. The Morgan fingerprint density at radius 1 is 1.41 bits per heavy atom. The van der Waals surface area contributed by atoms with E-state index >= 15 is 0 Å². The molecule has 9 heteroatoms. The van der Waals surface area contributed by atoms with E-state index in [0.717, 1.165) is 11.1 Å². The van der Waals surface area contributed by atoms with Crippen molar-refractivity contribution in [2.24, 2.45) is 16.5 Å². The standard InChI is InChI=1S/C18H25N7O2/c1-3-27-17(26)13-9-23-25(16(13)19)15-7-11(8-22-12-4-5-12)6-14(10(15)2)24-18(20)21/h6-7,9,12,22H,3-5,8,19H2,1-2H3,(H4,20,21,24). The number of nitrogens with zero attached hydrogens (tertiary/aromatic N) is 3. The molecule has 0 radical (unpaired) electrons. The topological polar surface area (TPSA) is 147 Å². The number of nitrogens with two attached hydrogens (primary N) is 3. The predicted molar refractivity (Wildman–Crippen MR) is 104 cm³/mol. The minimum absolute atomic E-state index is 0.0306. The first kappa shape index (κ1) is 18.7. The Morgan fingerprint density at radius 3 is 2.78 bits per heavy atom. The Hall–Kier alpha value is -3.07. The predicted octanol–water partition coefficient (Wildman–Crippen LogP) is 1.10. The first-order valence-corrected chi connectivity index (χ1v) is 8.88. The van der Waals surface area contributed by atoms with Crippen LogP contribution in [0.25, 0.3) is 5.69 Å². The van der Waals surface area contributed by atoms with Crippen LogP contribution in [0.4, 0.5) is 11.5 Å². The molecule has 0 atom stereocenters. The molecule has 1 aliphatic carbocycles. The van der Waals surface area contributed by atoms with E-state index in [9.17, 15) is 4.79 Å². The van der Waals surface area contributed by atoms with Gasteiger partial charge in [0, 0.05) is 18.2 Å². The van der Waals surface area contributed by atoms with E-state index in [1.54, 1.807) is 6.92 Å². The lowest BCUT2D eigenvalue weighted by atomic mass is 10.1. The number of nitrogen functional groups attached to an aromatic ring is 1. The lowest BCUT2D eigenvalue weighted by molar-refractivity contribution is 0.0527. The van der Waals surface area contributed by atoms with Crippen molar-refractivity contribution in [1.82, 2.24) is 15.1 Å². The van der Waals surface area contributed by atoms with Crippen LogP contribution >= 0.6 is 0 Å². The Bertz CT molecular complexity index is 880. The van der Waals surface area contributed by atoms with Gasteiger partial charge in [-0.25, -0.2) is 14.5 Å². The number of guanidine groups is 1. The number of nitrogens with one attached hydrogen (secondary N) is 1. The number of aromatic nitrogens is 2. The van der Waals surface area contributed by atoms with Crippen LogP contribution in [0.2, 0.25) is 0 Å². The van der Waals surface area contributed by atoms with Crippen LogP contribution in [0.3, 0.4) is 0 Å². The lowest BCUT2D eigenvalue weighted by Gasteiger charge is -2.14. The van der Waals surface area contributed by atoms with E-state index in [4.69, 9.17) is 21.9 Å². The second kappa shape index (κ2) is 7.67. The van der Waals surface area contributed by atoms with Gasteiger partial charge >= 0.3 is 5.97 Å². The molecular formula is C18H25N7O2. The van der Waals surface area contributed by atoms with Crippen molar-refractivity contribution in [3.05, 3.63) is 35.0 Å². The fraction of sp³-hybridized carbons (Fsp3) is 0.389. The van der Waals surface area contributed by atoms with Gasteiger partial charge in [0.05, 0.1) is 24.2 Å². The van der Waals surface area contributed by atoms with Crippen LogP contribution < -0.4 is 22.5 Å². The van der Waals surface area contributed by atoms with Crippen LogP contribution in [0.5, 0.6) is 0 Å². The number of hydrogen-bond acceptors (Lipinski definition) is 6. The molecule has 2 aromatic rings. The molecule has 0 unspecified atom stereocenters. The summed E-state index contributed by atoms with van der Waals surface area (Å²) in [4.78, 5) is 16.3. The van der Waals surface area contributed by atoms with Gasteiger partial charge in [0.15, 0.2) is 5.96 Å². The molecule has 1 aliphatic rings. The second-order valence-corrected chi connectivity index (χ2v) is 6.53. The Kier molecular flexibility index (Phi) is 5.31. The number of ether oxygens (including phenoxy) is 1. The summed E-state index contributed by atoms with van der Waals surface area (Å²) in [6.07, 6.45) is 3.78. The highest BCUT2D eigenvalue weighted by Crippen LogP contribution is 2.30. The number of rotatable bonds is 7. The highest BCUT2D eigenvalue weighted by atomic mass is 16.5. The third-order valence-electron chi connectivity index (χ3n) is 4.36. The Labute approximate surface area is 157 Å². The molecule has 144 valence electrons. The molecule has 0 saturated heterocycles. The van der Waals surface area contributed by atoms with Crippen molar-refractivity contribution >= 4 is 23.4 Å². The molecule has 7 N–H and O–H groups in total. The normalized spacial score (nSPS) is 13.4. The van der Waals surface area contributed by atoms with E-state index in [1.165, 1.54) is 23.7 Å². The van der Waals surface area contributed by atoms with Crippen LogP contribution in [-0.2, 0) is 11.3 Å². The third kappa shape index (κ3) is 4.20. The summed E-state index contributed by atoms with van der Waals surface area (Å²) in [5.74, 6) is -0.327. The maximum atomic E-state index is 12.0. The second-order valence-electron chi connectivity index (χ2n) is 6.53. The Morgan fingerprint density at radius 2 is 2.15 bits per heavy atom. The highest BCUT2D eigenvalue weighted by molar-refractivity contribution is 5.94. The zero-order chi connectivity index (χ0) is 19.6. The lowest BCUT2D eigenvalue weighted by Crippen LogP contribution is -2.22. The SMILES string of the molecule is CCOC(=O)c1cnn(-c2cc(CNC3CC3)cc(N=C(N)N)c2C)c1N. The quantitative estimate of drug-likeness (QED) is 0.324. The van der Waals surface area contributed by atoms with E-state index in [0.29, 0.717) is 24.0 Å². The number of hydrogen-bond donors (Lipinski definition) is 4. The summed E-state index contributed by atoms with van der Waals surface area (Å²) in [5.41, 5.74) is 20.7. The summed E-state index contributed by atoms with van der Waals surface area (Å²) in [6.45, 7) is 4.55. The first-order chi connectivity index (χ1) is 12.9. The number of esters is 1. The highest BCUT2D eigenvalue weighted by Gasteiger charge is 2.22. The zero-order valence-corrected chi connectivity index (χ0v) is 15.5. The number of carbonyl (C=O) groups excluding carboxylic acids is 1. The zero-order valence-electron chi connectivity index (χ0n) is 15.5. The molecule has 1 fully saturated rings. The number of carbonyl (C=O) groups is 1. The van der Waals surface area contributed by atoms with Gasteiger partial charge in [-0.05, 0) is 44.4 Å². The Balaban J connectivity index is 2.03. The summed E-state index contributed by atoms with van der Waals surface area (Å²) in [5, 5.41) is 7.74. The molecule has 0 aliphatic heterocycles. The first-order valence-electron chi connectivity index (χ1n) is 8.88. The fourth-order valence-corrected chi connectivity index (χ4v) is 2.78. The summed E-state index contributed by atoms with van der Waals surface area (Å²) < 4.78 is 6.53. The molecule has 0 amide bonds. The van der Waals surface area contributed by atoms with Crippen molar-refractivity contribution in [2.45, 2.75) is 39.3 Å². The minimum Gasteiger partial charge on any atom is -0.462 e. The van der Waals surface area contributed by atoms with Crippen molar-refractivity contribution in [3.8, 4) is 5.69 Å². The third-order valence-corrected chi connectivity index (χ3v) is 4.36. The number of anilines is 1. The van der Waals surface area contributed by atoms with Crippen LogP contribution in [0.15, 0.2) is 23.3 Å². The van der Waals surface area contributed by atoms with Crippen molar-refractivity contribution in [1.29, 1.82) is 0 Å². The maximum Gasteiger partial charge on any atom is 0.343 e. The van der Waals surface area contributed by atoms with Gasteiger partial charge in [-0.15, -0.1) is 0 Å². The van der Waals surface area contributed by atoms with Gasteiger partial charge < -0.3 is 27.3 Å². The number of benzene rings is 1. The van der Waals surface area contributed by atoms with Crippen LogP contribution in [-0.4, -0.2) is 34.4 Å². The fourth-order valence-electron chi connectivity index (χ4n) is 2.78. The molecule has 1 saturated carbocycles. The van der Waals surface area contributed by atoms with E-state index < -0.39 is 5.97 Å². The molecule has 3 rings (SSSR count). The largest absolute Gasteiger partial charge is 0.462 e. The van der Waals surface area contributed by atoms with E-state index in [1.807, 2.05) is 19.1 Å². The molecule has 1 aromatic heterocycles. The van der Waals surface area contributed by atoms with Crippen molar-refractivity contribution in [3.63, 3.8) is 0 Å². The minimum atomic E-state index is -0.505. The molecule has 27 heavy (non-hydrogen) atoms. The molecule has 0 bridgehead atoms. The average molecular weight is 371 g/mol. The molecular weight excluding hydrogens is 346 g/mol. The molecule has 9 nitrogen and oxygen atoms in total. The number of aliphatic imine (C=N–C) groups is 1. The molecule has 1 aromatic carbocycles. The van der Waals surface area contributed by atoms with Gasteiger partial charge in [-0.3, -0.25) is 0 Å². The van der Waals surface area contributed by atoms with Crippen LogP contribution in [0, 0.1) is 6.92 Å². The van der Waals surface area contributed by atoms with E-state index in [-0.39, 0.29) is 23.9 Å².